The van der Waals surface area contributed by atoms with Crippen LogP contribution in [0.4, 0.5) is 11.5 Å². The molecule has 0 spiro atoms. The zero-order chi connectivity index (χ0) is 34.1. The molecule has 0 radical (unpaired) electrons. The van der Waals surface area contributed by atoms with Crippen LogP contribution in [0.5, 0.6) is 0 Å². The summed E-state index contributed by atoms with van der Waals surface area (Å²) in [5.41, 5.74) is 2.59. The lowest BCUT2D eigenvalue weighted by molar-refractivity contribution is -0.121. The Hall–Kier alpha value is -4.17. The maximum absolute atomic E-state index is 14.1. The molecule has 1 saturated carbocycles. The first kappa shape index (κ1) is 33.3. The summed E-state index contributed by atoms with van der Waals surface area (Å²) in [6.45, 7) is 3.47. The summed E-state index contributed by atoms with van der Waals surface area (Å²) in [7, 11) is -1.97. The second-order valence-corrected chi connectivity index (χ2v) is 16.1. The van der Waals surface area contributed by atoms with E-state index in [-0.39, 0.29) is 28.8 Å². The number of hydrogen-bond donors (Lipinski definition) is 1. The van der Waals surface area contributed by atoms with Crippen molar-refractivity contribution in [3.8, 4) is 21.7 Å². The van der Waals surface area contributed by atoms with Crippen molar-refractivity contribution in [3.63, 3.8) is 0 Å². The fraction of sp³-hybridized carbons (Fsp3) is 0.389. The number of anilines is 2. The van der Waals surface area contributed by atoms with E-state index in [1.54, 1.807) is 23.2 Å². The van der Waals surface area contributed by atoms with E-state index in [9.17, 15) is 23.1 Å². The molecule has 1 aliphatic carbocycles. The van der Waals surface area contributed by atoms with Gasteiger partial charge in [0.05, 0.1) is 24.0 Å². The highest BCUT2D eigenvalue weighted by Crippen LogP contribution is 2.42. The number of aromatic nitrogens is 2. The molecule has 49 heavy (non-hydrogen) atoms. The molecule has 13 heteroatoms. The second kappa shape index (κ2) is 14.0. The van der Waals surface area contributed by atoms with Crippen LogP contribution in [0.2, 0.25) is 0 Å². The average Bonchev–Trinajstić information content (AvgIpc) is 3.58. The average molecular weight is 701 g/mol. The molecular weight excluding hydrogens is 661 g/mol. The second-order valence-electron chi connectivity index (χ2n) is 13.1. The van der Waals surface area contributed by atoms with Crippen molar-refractivity contribution < 1.29 is 23.1 Å². The maximum Gasteiger partial charge on any atom is 0.348 e. The van der Waals surface area contributed by atoms with E-state index in [0.29, 0.717) is 11.4 Å². The van der Waals surface area contributed by atoms with Gasteiger partial charge in [0.25, 0.3) is 0 Å². The number of nitrogens with zero attached hydrogens (tertiary/aromatic N) is 6. The van der Waals surface area contributed by atoms with E-state index in [2.05, 4.69) is 26.8 Å². The Labute approximate surface area is 290 Å². The first-order valence-electron chi connectivity index (χ1n) is 16.8. The number of thiophene rings is 1. The maximum atomic E-state index is 14.1. The number of rotatable bonds is 8. The Morgan fingerprint density at radius 1 is 0.898 bits per heavy atom. The first-order chi connectivity index (χ1) is 23.7. The third-order valence-electron chi connectivity index (χ3n) is 9.97. The molecule has 7 rings (SSSR count). The van der Waals surface area contributed by atoms with Crippen LogP contribution in [0.3, 0.4) is 0 Å². The van der Waals surface area contributed by atoms with Crippen LogP contribution in [0, 0.1) is 5.92 Å². The van der Waals surface area contributed by atoms with Gasteiger partial charge in [-0.15, -0.1) is 11.3 Å². The van der Waals surface area contributed by atoms with Crippen molar-refractivity contribution in [2.75, 3.05) is 56.1 Å². The topological polar surface area (TPSA) is 127 Å². The van der Waals surface area contributed by atoms with Gasteiger partial charge >= 0.3 is 5.97 Å². The number of carbonyl (C=O) groups excluding carboxylic acids is 1. The minimum atomic E-state index is -4.08. The van der Waals surface area contributed by atoms with E-state index in [0.717, 1.165) is 91.4 Å². The molecule has 1 atom stereocenters. The fourth-order valence-corrected chi connectivity index (χ4v) is 9.56. The Morgan fingerprint density at radius 2 is 1.65 bits per heavy atom. The summed E-state index contributed by atoms with van der Waals surface area (Å²) in [5, 5.41) is 10.2. The SMILES string of the molecule is CN1CCN(c2ccc(-c3ccc(S(=O)(=O)N4CC(=O)N(c5cc(-c6ccccc6)sc5C(=O)O)[C@H](C5CCCCC5)C4)cn3)cn2)CC1. The van der Waals surface area contributed by atoms with Crippen molar-refractivity contribution >= 4 is 44.7 Å². The Bertz CT molecular complexity index is 1900. The van der Waals surface area contributed by atoms with Gasteiger partial charge in [-0.2, -0.15) is 4.31 Å². The molecule has 3 aliphatic rings. The molecule has 0 bridgehead atoms. The number of carboxylic acids is 1. The molecule has 3 fully saturated rings. The van der Waals surface area contributed by atoms with Crippen molar-refractivity contribution in [1.82, 2.24) is 19.2 Å². The molecule has 2 aliphatic heterocycles. The standard InChI is InChI=1S/C36H40N6O5S2/c1-39-16-18-40(19-17-39)33-15-12-27(21-38-33)29-14-13-28(22-37-29)49(46,47)41-23-31(25-8-4-2-5-9-25)42(34(43)24-41)30-20-32(48-35(30)36(44)45)26-10-6-3-7-11-26/h3,6-7,10-15,20-22,25,31H,2,4-5,8-9,16-19,23-24H2,1H3,(H,44,45)/t31-/m0/s1. The zero-order valence-corrected chi connectivity index (χ0v) is 29.1. The van der Waals surface area contributed by atoms with Gasteiger partial charge in [0.1, 0.15) is 15.6 Å². The van der Waals surface area contributed by atoms with Gasteiger partial charge in [0.15, 0.2) is 0 Å². The number of carbonyl (C=O) groups is 2. The predicted octanol–water partition coefficient (Wildman–Crippen LogP) is 5.31. The molecule has 3 aromatic heterocycles. The summed E-state index contributed by atoms with van der Waals surface area (Å²) in [6, 6.07) is 17.9. The Morgan fingerprint density at radius 3 is 2.31 bits per heavy atom. The monoisotopic (exact) mass is 700 g/mol. The Balaban J connectivity index is 1.14. The van der Waals surface area contributed by atoms with Crippen LogP contribution in [-0.4, -0.2) is 96.9 Å². The molecule has 256 valence electrons. The van der Waals surface area contributed by atoms with Crippen LogP contribution < -0.4 is 9.80 Å². The van der Waals surface area contributed by atoms with E-state index in [1.165, 1.54) is 16.6 Å². The number of aromatic carboxylic acids is 1. The molecule has 5 heterocycles. The van der Waals surface area contributed by atoms with Gasteiger partial charge < -0.3 is 19.8 Å². The number of likely N-dealkylation sites (N-methyl/N-ethyl adjacent to an activating group) is 1. The van der Waals surface area contributed by atoms with Gasteiger partial charge in [-0.05, 0) is 61.7 Å². The number of amides is 1. The van der Waals surface area contributed by atoms with Gasteiger partial charge in [-0.3, -0.25) is 9.78 Å². The summed E-state index contributed by atoms with van der Waals surface area (Å²) in [5.74, 6) is -0.593. The van der Waals surface area contributed by atoms with Gasteiger partial charge in [0, 0.05) is 55.6 Å². The number of sulfonamides is 1. The Kier molecular flexibility index (Phi) is 9.51. The minimum absolute atomic E-state index is 0.00929. The third kappa shape index (κ3) is 6.85. The molecule has 11 nitrogen and oxygen atoms in total. The van der Waals surface area contributed by atoms with E-state index in [4.69, 9.17) is 0 Å². The fourth-order valence-electron chi connectivity index (χ4n) is 7.21. The van der Waals surface area contributed by atoms with E-state index >= 15 is 0 Å². The van der Waals surface area contributed by atoms with Crippen LogP contribution in [0.1, 0.15) is 41.8 Å². The molecule has 1 aromatic carbocycles. The zero-order valence-electron chi connectivity index (χ0n) is 27.4. The van der Waals surface area contributed by atoms with Gasteiger partial charge in [0.2, 0.25) is 15.9 Å². The molecule has 4 aromatic rings. The largest absolute Gasteiger partial charge is 0.477 e. The highest BCUT2D eigenvalue weighted by Gasteiger charge is 2.44. The summed E-state index contributed by atoms with van der Waals surface area (Å²) in [4.78, 5) is 42.6. The van der Waals surface area contributed by atoms with Crippen molar-refractivity contribution in [1.29, 1.82) is 0 Å². The molecule has 0 unspecified atom stereocenters. The smallest absolute Gasteiger partial charge is 0.348 e. The predicted molar refractivity (Wildman–Crippen MR) is 191 cm³/mol. The van der Waals surface area contributed by atoms with Gasteiger partial charge in [-0.25, -0.2) is 18.2 Å². The molecule has 1 N–H and O–H groups in total. The summed E-state index contributed by atoms with van der Waals surface area (Å²) >= 11 is 1.13. The van der Waals surface area contributed by atoms with Crippen molar-refractivity contribution in [2.24, 2.45) is 5.92 Å². The van der Waals surface area contributed by atoms with Crippen LogP contribution in [0.15, 0.2) is 78.0 Å². The number of pyridine rings is 2. The van der Waals surface area contributed by atoms with Crippen molar-refractivity contribution in [2.45, 2.75) is 43.0 Å². The number of piperazine rings is 2. The van der Waals surface area contributed by atoms with Crippen LogP contribution in [-0.2, 0) is 14.8 Å². The summed E-state index contributed by atoms with van der Waals surface area (Å²) in [6.07, 6.45) is 7.85. The number of carboxylic acid groups (broad SMARTS) is 1. The first-order valence-corrected chi connectivity index (χ1v) is 19.1. The quantitative estimate of drug-likeness (QED) is 0.260. The van der Waals surface area contributed by atoms with Crippen molar-refractivity contribution in [3.05, 3.63) is 77.9 Å². The highest BCUT2D eigenvalue weighted by molar-refractivity contribution is 7.89. The molecule has 2 saturated heterocycles. The minimum Gasteiger partial charge on any atom is -0.477 e. The lowest BCUT2D eigenvalue weighted by Crippen LogP contribution is -2.60. The van der Waals surface area contributed by atoms with E-state index < -0.39 is 27.9 Å². The van der Waals surface area contributed by atoms with E-state index in [1.807, 2.05) is 42.5 Å². The summed E-state index contributed by atoms with van der Waals surface area (Å²) < 4.78 is 29.4. The molecular formula is C36H40N6O5S2. The highest BCUT2D eigenvalue weighted by atomic mass is 32.2. The number of hydrogen-bond acceptors (Lipinski definition) is 9. The lowest BCUT2D eigenvalue weighted by atomic mass is 9.82. The van der Waals surface area contributed by atoms with Crippen LogP contribution in [0.25, 0.3) is 21.7 Å². The lowest BCUT2D eigenvalue weighted by Gasteiger charge is -2.44. The normalized spacial score (nSPS) is 20.1. The van der Waals surface area contributed by atoms with Crippen LogP contribution >= 0.6 is 11.3 Å². The third-order valence-corrected chi connectivity index (χ3v) is 12.9. The number of benzene rings is 1. The van der Waals surface area contributed by atoms with Gasteiger partial charge in [-0.1, -0.05) is 49.6 Å². The molecule has 1 amide bonds.